The van der Waals surface area contributed by atoms with Crippen molar-refractivity contribution in [3.8, 4) is 0 Å². The van der Waals surface area contributed by atoms with Crippen LogP contribution in [0, 0.1) is 0 Å². The molecule has 190 valence electrons. The van der Waals surface area contributed by atoms with E-state index in [-0.39, 0.29) is 32.0 Å². The Kier molecular flexibility index (Phi) is 11.2. The molecule has 0 spiro atoms. The summed E-state index contributed by atoms with van der Waals surface area (Å²) < 4.78 is 40.0. The van der Waals surface area contributed by atoms with Crippen LogP contribution in [0.2, 0.25) is 0 Å². The highest BCUT2D eigenvalue weighted by atomic mass is 31.2. The highest BCUT2D eigenvalue weighted by Crippen LogP contribution is 2.54. The van der Waals surface area contributed by atoms with Crippen LogP contribution in [0.25, 0.3) is 0 Å². The average Bonchev–Trinajstić information content (AvgIpc) is 2.63. The summed E-state index contributed by atoms with van der Waals surface area (Å²) in [6.07, 6.45) is -4.34. The number of carbonyl (C=O) groups excluding carboxylic acids is 1. The van der Waals surface area contributed by atoms with Gasteiger partial charge in [-0.2, -0.15) is 0 Å². The fourth-order valence-electron chi connectivity index (χ4n) is 2.85. The Morgan fingerprint density at radius 2 is 1.66 bits per heavy atom. The largest absolute Gasteiger partial charge is 0.394 e. The summed E-state index contributed by atoms with van der Waals surface area (Å²) in [5.41, 5.74) is -0.359. The highest BCUT2D eigenvalue weighted by Gasteiger charge is 2.47. The van der Waals surface area contributed by atoms with Gasteiger partial charge < -0.3 is 43.9 Å². The van der Waals surface area contributed by atoms with Crippen LogP contribution < -0.4 is 5.32 Å². The van der Waals surface area contributed by atoms with Crippen molar-refractivity contribution in [3.05, 3.63) is 0 Å². The first-order valence-electron chi connectivity index (χ1n) is 10.6. The van der Waals surface area contributed by atoms with Crippen LogP contribution in [0.3, 0.4) is 0 Å². The second-order valence-electron chi connectivity index (χ2n) is 9.63. The number of carbonyl (C=O) groups is 1. The fraction of sp³-hybridized carbons (Fsp3) is 0.950. The summed E-state index contributed by atoms with van der Waals surface area (Å²) in [5, 5.41) is 21.9. The molecule has 1 fully saturated rings. The van der Waals surface area contributed by atoms with Crippen molar-refractivity contribution in [2.45, 2.75) is 89.9 Å². The molecule has 6 unspecified atom stereocenters. The molecule has 6 atom stereocenters. The maximum atomic E-state index is 12.2. The molecule has 0 aromatic rings. The molecule has 0 aromatic heterocycles. The number of amides is 1. The van der Waals surface area contributed by atoms with Crippen molar-refractivity contribution in [3.63, 3.8) is 0 Å². The lowest BCUT2D eigenvalue weighted by atomic mass is 9.96. The number of ether oxygens (including phenoxy) is 4. The Morgan fingerprint density at radius 1 is 1.06 bits per heavy atom. The van der Waals surface area contributed by atoms with Crippen molar-refractivity contribution in [2.75, 3.05) is 33.0 Å². The minimum absolute atomic E-state index is 0.140. The van der Waals surface area contributed by atoms with Crippen molar-refractivity contribution in [1.82, 2.24) is 5.32 Å². The van der Waals surface area contributed by atoms with Gasteiger partial charge in [-0.25, -0.2) is 0 Å². The zero-order valence-electron chi connectivity index (χ0n) is 20.1. The van der Waals surface area contributed by atoms with Crippen LogP contribution in [0.1, 0.15) is 48.5 Å². The van der Waals surface area contributed by atoms with Crippen molar-refractivity contribution in [2.24, 2.45) is 0 Å². The third-order valence-electron chi connectivity index (χ3n) is 4.63. The monoisotopic (exact) mass is 485 g/mol. The van der Waals surface area contributed by atoms with Gasteiger partial charge >= 0.3 is 7.60 Å². The normalized spacial score (nSPS) is 28.9. The second kappa shape index (κ2) is 12.2. The molecule has 1 heterocycles. The SMILES string of the molecule is CC(=O)NC1C(OCCOC(C)(C)C)OC(CO)C(O)C1OCCOP(=O)(O)C(C)(C)C. The van der Waals surface area contributed by atoms with E-state index in [0.717, 1.165) is 0 Å². The van der Waals surface area contributed by atoms with E-state index in [9.17, 15) is 24.5 Å². The standard InChI is InChI=1S/C20H40NO10P/c1-13(23)21-15-17(27-9-11-30-32(25,26)20(5,6)7)16(24)14(12-22)31-18(15)28-8-10-29-19(2,3)4/h14-18,22,24H,8-12H2,1-7H3,(H,21,23)(H,25,26). The third-order valence-corrected chi connectivity index (χ3v) is 6.86. The van der Waals surface area contributed by atoms with Crippen molar-refractivity contribution < 1.29 is 47.9 Å². The fourth-order valence-corrected chi connectivity index (χ4v) is 3.56. The smallest absolute Gasteiger partial charge is 0.333 e. The average molecular weight is 486 g/mol. The molecule has 11 nitrogen and oxygen atoms in total. The quantitative estimate of drug-likeness (QED) is 0.244. The maximum Gasteiger partial charge on any atom is 0.333 e. The molecular weight excluding hydrogens is 445 g/mol. The van der Waals surface area contributed by atoms with E-state index in [0.29, 0.717) is 0 Å². The Bertz CT molecular complexity index is 633. The minimum atomic E-state index is -3.88. The summed E-state index contributed by atoms with van der Waals surface area (Å²) in [6, 6.07) is -0.900. The molecule has 1 aliphatic heterocycles. The van der Waals surface area contributed by atoms with E-state index in [1.165, 1.54) is 6.92 Å². The third kappa shape index (κ3) is 9.32. The topological polar surface area (TPSA) is 153 Å². The van der Waals surface area contributed by atoms with Crippen molar-refractivity contribution >= 4 is 13.5 Å². The van der Waals surface area contributed by atoms with Gasteiger partial charge in [-0.05, 0) is 41.5 Å². The van der Waals surface area contributed by atoms with Gasteiger partial charge in [-0.15, -0.1) is 0 Å². The van der Waals surface area contributed by atoms with Gasteiger partial charge in [0.05, 0.1) is 43.8 Å². The molecule has 32 heavy (non-hydrogen) atoms. The Morgan fingerprint density at radius 3 is 2.16 bits per heavy atom. The molecule has 0 radical (unpaired) electrons. The molecule has 1 rings (SSSR count). The van der Waals surface area contributed by atoms with E-state index in [1.54, 1.807) is 20.8 Å². The molecule has 1 saturated heterocycles. The van der Waals surface area contributed by atoms with E-state index in [4.69, 9.17) is 23.5 Å². The first kappa shape index (κ1) is 29.4. The molecule has 0 bridgehead atoms. The Hall–Kier alpha value is -0.620. The predicted octanol–water partition coefficient (Wildman–Crippen LogP) is 0.787. The summed E-state index contributed by atoms with van der Waals surface area (Å²) in [7, 11) is -3.88. The van der Waals surface area contributed by atoms with E-state index < -0.39 is 55.9 Å². The van der Waals surface area contributed by atoms with E-state index >= 15 is 0 Å². The highest BCUT2D eigenvalue weighted by molar-refractivity contribution is 7.54. The van der Waals surface area contributed by atoms with Gasteiger partial charge in [0.2, 0.25) is 5.91 Å². The van der Waals surface area contributed by atoms with Crippen molar-refractivity contribution in [1.29, 1.82) is 0 Å². The number of nitrogens with one attached hydrogen (secondary N) is 1. The van der Waals surface area contributed by atoms with Crippen LogP contribution in [0.15, 0.2) is 0 Å². The number of hydrogen-bond acceptors (Lipinski definition) is 9. The van der Waals surface area contributed by atoms with Crippen LogP contribution in [0.4, 0.5) is 0 Å². The van der Waals surface area contributed by atoms with Crippen LogP contribution in [-0.2, 0) is 32.8 Å². The first-order chi connectivity index (χ1) is 14.6. The number of rotatable bonds is 11. The lowest BCUT2D eigenvalue weighted by molar-refractivity contribution is -0.280. The summed E-state index contributed by atoms with van der Waals surface area (Å²) in [4.78, 5) is 21.8. The summed E-state index contributed by atoms with van der Waals surface area (Å²) >= 11 is 0. The van der Waals surface area contributed by atoms with E-state index in [2.05, 4.69) is 5.32 Å². The molecule has 12 heteroatoms. The van der Waals surface area contributed by atoms with Gasteiger partial charge in [-0.1, -0.05) is 0 Å². The first-order valence-corrected chi connectivity index (χ1v) is 12.2. The molecule has 0 saturated carbocycles. The molecule has 1 aliphatic rings. The number of aliphatic hydroxyl groups excluding tert-OH is 2. The molecule has 0 aromatic carbocycles. The van der Waals surface area contributed by atoms with Gasteiger partial charge in [0.25, 0.3) is 0 Å². The molecule has 4 N–H and O–H groups in total. The van der Waals surface area contributed by atoms with Crippen LogP contribution >= 0.6 is 7.60 Å². The van der Waals surface area contributed by atoms with Gasteiger partial charge in [0.15, 0.2) is 6.29 Å². The lowest BCUT2D eigenvalue weighted by Gasteiger charge is -2.44. The van der Waals surface area contributed by atoms with E-state index in [1.807, 2.05) is 20.8 Å². The summed E-state index contributed by atoms with van der Waals surface area (Å²) in [5.74, 6) is -0.398. The molecule has 1 amide bonds. The number of hydrogen-bond donors (Lipinski definition) is 4. The summed E-state index contributed by atoms with van der Waals surface area (Å²) in [6.45, 7) is 11.3. The minimum Gasteiger partial charge on any atom is -0.394 e. The Labute approximate surface area is 190 Å². The van der Waals surface area contributed by atoms with Crippen LogP contribution in [0.5, 0.6) is 0 Å². The van der Waals surface area contributed by atoms with Gasteiger partial charge in [-0.3, -0.25) is 9.36 Å². The van der Waals surface area contributed by atoms with Crippen LogP contribution in [-0.4, -0.2) is 95.4 Å². The number of aliphatic hydroxyl groups is 2. The lowest BCUT2D eigenvalue weighted by Crippen LogP contribution is -2.65. The zero-order valence-corrected chi connectivity index (χ0v) is 21.0. The van der Waals surface area contributed by atoms with Gasteiger partial charge in [0.1, 0.15) is 24.4 Å². The Balaban J connectivity index is 2.83. The predicted molar refractivity (Wildman–Crippen MR) is 116 cm³/mol. The maximum absolute atomic E-state index is 12.2. The van der Waals surface area contributed by atoms with Gasteiger partial charge in [0, 0.05) is 6.92 Å². The zero-order chi connectivity index (χ0) is 24.7. The molecule has 0 aliphatic carbocycles. The second-order valence-corrected chi connectivity index (χ2v) is 12.3. The molecular formula is C20H40NO10P.